The Morgan fingerprint density at radius 2 is 1.65 bits per heavy atom. The van der Waals surface area contributed by atoms with Crippen molar-refractivity contribution in [2.24, 2.45) is 0 Å². The number of ether oxygens (including phenoxy) is 2. The van der Waals surface area contributed by atoms with Crippen molar-refractivity contribution in [3.63, 3.8) is 0 Å². The zero-order valence-corrected chi connectivity index (χ0v) is 23.2. The van der Waals surface area contributed by atoms with Crippen LogP contribution in [-0.2, 0) is 6.18 Å². The van der Waals surface area contributed by atoms with Crippen molar-refractivity contribution in [2.45, 2.75) is 12.6 Å². The number of anilines is 2. The van der Waals surface area contributed by atoms with Crippen LogP contribution in [0.25, 0.3) is 10.9 Å². The second-order valence-electron chi connectivity index (χ2n) is 9.35. The fourth-order valence-electron chi connectivity index (χ4n) is 4.40. The van der Waals surface area contributed by atoms with Crippen LogP contribution < -0.4 is 30.7 Å². The molecule has 0 saturated carbocycles. The van der Waals surface area contributed by atoms with Crippen LogP contribution in [0.15, 0.2) is 36.7 Å². The van der Waals surface area contributed by atoms with Crippen molar-refractivity contribution in [2.75, 3.05) is 77.9 Å². The molecule has 1 aliphatic heterocycles. The van der Waals surface area contributed by atoms with Gasteiger partial charge in [0.1, 0.15) is 12.1 Å². The van der Waals surface area contributed by atoms with Gasteiger partial charge in [0.2, 0.25) is 0 Å². The molecule has 1 aliphatic rings. The third-order valence-electron chi connectivity index (χ3n) is 6.50. The molecule has 9 nitrogen and oxygen atoms in total. The smallest absolute Gasteiger partial charge is 0.417 e. The van der Waals surface area contributed by atoms with Crippen LogP contribution in [0.3, 0.4) is 0 Å². The molecular formula is C27H35ClF3N7O2. The summed E-state index contributed by atoms with van der Waals surface area (Å²) in [5, 5.41) is 13.5. The van der Waals surface area contributed by atoms with Crippen LogP contribution >= 0.6 is 11.6 Å². The van der Waals surface area contributed by atoms with Gasteiger partial charge in [-0.3, -0.25) is 0 Å². The topological polar surface area (TPSA) is 95.6 Å². The zero-order chi connectivity index (χ0) is 28.4. The van der Waals surface area contributed by atoms with Gasteiger partial charge in [0.05, 0.1) is 29.8 Å². The van der Waals surface area contributed by atoms with Gasteiger partial charge in [0.15, 0.2) is 11.5 Å². The van der Waals surface area contributed by atoms with Crippen molar-refractivity contribution in [1.29, 1.82) is 0 Å². The highest BCUT2D eigenvalue weighted by Gasteiger charge is 2.33. The summed E-state index contributed by atoms with van der Waals surface area (Å²) in [6, 6.07) is 7.09. The van der Waals surface area contributed by atoms with Gasteiger partial charge in [0, 0.05) is 76.0 Å². The minimum atomic E-state index is -4.58. The van der Waals surface area contributed by atoms with Crippen molar-refractivity contribution < 1.29 is 22.6 Å². The molecule has 0 amide bonds. The Morgan fingerprint density at radius 1 is 0.950 bits per heavy atom. The van der Waals surface area contributed by atoms with E-state index in [9.17, 15) is 13.2 Å². The van der Waals surface area contributed by atoms with Gasteiger partial charge in [-0.1, -0.05) is 11.6 Å². The fourth-order valence-corrected chi connectivity index (χ4v) is 4.63. The number of hydrogen-bond donors (Lipinski definition) is 4. The van der Waals surface area contributed by atoms with Gasteiger partial charge in [-0.15, -0.1) is 0 Å². The average Bonchev–Trinajstić information content (AvgIpc) is 2.92. The first-order chi connectivity index (χ1) is 19.3. The van der Waals surface area contributed by atoms with E-state index < -0.39 is 11.7 Å². The quantitative estimate of drug-likeness (QED) is 0.295. The molecule has 0 atom stereocenters. The molecule has 1 saturated heterocycles. The predicted octanol–water partition coefficient (Wildman–Crippen LogP) is 3.91. The third kappa shape index (κ3) is 8.55. The lowest BCUT2D eigenvalue weighted by Crippen LogP contribution is -2.42. The maximum absolute atomic E-state index is 13.3. The molecule has 3 aromatic rings. The molecule has 2 heterocycles. The second-order valence-corrected chi connectivity index (χ2v) is 9.76. The molecule has 4 N–H and O–H groups in total. The highest BCUT2D eigenvalue weighted by molar-refractivity contribution is 6.31. The number of nitrogens with one attached hydrogen (secondary N) is 4. The number of fused-ring (bicyclic) bond motifs is 1. The molecule has 0 aliphatic carbocycles. The molecule has 218 valence electrons. The maximum atomic E-state index is 13.3. The van der Waals surface area contributed by atoms with E-state index in [0.29, 0.717) is 34.8 Å². The number of aromatic nitrogens is 2. The van der Waals surface area contributed by atoms with Crippen LogP contribution in [-0.4, -0.2) is 87.5 Å². The van der Waals surface area contributed by atoms with Gasteiger partial charge in [-0.05, 0) is 30.7 Å². The Morgan fingerprint density at radius 3 is 2.33 bits per heavy atom. The highest BCUT2D eigenvalue weighted by atomic mass is 35.5. The molecule has 1 fully saturated rings. The molecule has 0 radical (unpaired) electrons. The molecular weight excluding hydrogens is 547 g/mol. The van der Waals surface area contributed by atoms with Gasteiger partial charge < -0.3 is 35.6 Å². The lowest BCUT2D eigenvalue weighted by molar-refractivity contribution is -0.137. The minimum Gasteiger partial charge on any atom is -0.493 e. The summed E-state index contributed by atoms with van der Waals surface area (Å²) in [4.78, 5) is 11.0. The van der Waals surface area contributed by atoms with E-state index in [4.69, 9.17) is 21.1 Å². The number of nitrogens with zero attached hydrogens (tertiary/aromatic N) is 3. The Labute approximate surface area is 236 Å². The number of alkyl halides is 3. The summed E-state index contributed by atoms with van der Waals surface area (Å²) >= 11 is 5.77. The van der Waals surface area contributed by atoms with Crippen LogP contribution in [0.5, 0.6) is 11.5 Å². The van der Waals surface area contributed by atoms with Gasteiger partial charge in [-0.2, -0.15) is 13.2 Å². The van der Waals surface area contributed by atoms with Crippen molar-refractivity contribution >= 4 is 34.0 Å². The minimum absolute atomic E-state index is 0.196. The SMILES string of the molecule is COc1cc2ncnc(Nc3ccc(Cl)c(C(F)(F)F)c3)c2cc1OCCCN1CCNCCNCCNCC1. The predicted molar refractivity (Wildman–Crippen MR) is 151 cm³/mol. The zero-order valence-electron chi connectivity index (χ0n) is 22.4. The molecule has 0 spiro atoms. The summed E-state index contributed by atoms with van der Waals surface area (Å²) in [6.45, 7) is 8.91. The summed E-state index contributed by atoms with van der Waals surface area (Å²) in [6.07, 6.45) is -2.43. The molecule has 13 heteroatoms. The first kappa shape index (κ1) is 30.1. The van der Waals surface area contributed by atoms with Gasteiger partial charge in [-0.25, -0.2) is 9.97 Å². The summed E-state index contributed by atoms with van der Waals surface area (Å²) in [5.74, 6) is 1.35. The molecule has 0 bridgehead atoms. The Kier molecular flexibility index (Phi) is 11.0. The van der Waals surface area contributed by atoms with Gasteiger partial charge in [0.25, 0.3) is 0 Å². The van der Waals surface area contributed by atoms with E-state index in [1.54, 1.807) is 19.2 Å². The third-order valence-corrected chi connectivity index (χ3v) is 6.83. The molecule has 4 rings (SSSR count). The van der Waals surface area contributed by atoms with E-state index in [0.717, 1.165) is 71.4 Å². The lowest BCUT2D eigenvalue weighted by atomic mass is 10.1. The lowest BCUT2D eigenvalue weighted by Gasteiger charge is -2.23. The second kappa shape index (κ2) is 14.6. The van der Waals surface area contributed by atoms with Crippen LogP contribution in [0.4, 0.5) is 24.7 Å². The summed E-state index contributed by atoms with van der Waals surface area (Å²) < 4.78 is 51.7. The maximum Gasteiger partial charge on any atom is 0.417 e. The van der Waals surface area contributed by atoms with E-state index in [-0.39, 0.29) is 10.7 Å². The Hall–Kier alpha value is -2.90. The number of methoxy groups -OCH3 is 1. The van der Waals surface area contributed by atoms with Gasteiger partial charge >= 0.3 is 6.18 Å². The summed E-state index contributed by atoms with van der Waals surface area (Å²) in [7, 11) is 1.55. The number of halogens is 4. The van der Waals surface area contributed by atoms with E-state index >= 15 is 0 Å². The summed E-state index contributed by atoms with van der Waals surface area (Å²) in [5.41, 5.74) is -0.174. The number of hydrogen-bond acceptors (Lipinski definition) is 9. The van der Waals surface area contributed by atoms with E-state index in [1.165, 1.54) is 18.5 Å². The Bertz CT molecular complexity index is 1240. The van der Waals surface area contributed by atoms with Crippen LogP contribution in [0.2, 0.25) is 5.02 Å². The normalized spacial score (nSPS) is 16.2. The van der Waals surface area contributed by atoms with Crippen molar-refractivity contribution in [1.82, 2.24) is 30.8 Å². The van der Waals surface area contributed by atoms with Crippen molar-refractivity contribution in [3.8, 4) is 11.5 Å². The Balaban J connectivity index is 1.43. The molecule has 2 aromatic carbocycles. The molecule has 40 heavy (non-hydrogen) atoms. The largest absolute Gasteiger partial charge is 0.493 e. The first-order valence-electron chi connectivity index (χ1n) is 13.3. The standard InChI is InChI=1S/C27H35ClF3N7O2/c1-39-24-17-23-20(26(36-18-35-23)37-19-3-4-22(28)21(15-19)27(29,30)31)16-25(24)40-14-2-11-38-12-9-33-7-5-32-6-8-34-10-13-38/h3-4,15-18,32-34H,2,5-14H2,1H3,(H,35,36,37). The van der Waals surface area contributed by atoms with Crippen LogP contribution in [0.1, 0.15) is 12.0 Å². The highest BCUT2D eigenvalue weighted by Crippen LogP contribution is 2.38. The van der Waals surface area contributed by atoms with Crippen LogP contribution in [0, 0.1) is 0 Å². The molecule has 1 aromatic heterocycles. The molecule has 0 unspecified atom stereocenters. The van der Waals surface area contributed by atoms with E-state index in [1.807, 2.05) is 0 Å². The number of benzene rings is 2. The fraction of sp³-hybridized carbons (Fsp3) is 0.481. The van der Waals surface area contributed by atoms with E-state index in [2.05, 4.69) is 36.1 Å². The monoisotopic (exact) mass is 581 g/mol. The van der Waals surface area contributed by atoms with Crippen molar-refractivity contribution in [3.05, 3.63) is 47.2 Å². The number of rotatable bonds is 8. The first-order valence-corrected chi connectivity index (χ1v) is 13.7. The average molecular weight is 582 g/mol.